The summed E-state index contributed by atoms with van der Waals surface area (Å²) in [7, 11) is 1.75. The van der Waals surface area contributed by atoms with Crippen molar-refractivity contribution in [3.63, 3.8) is 0 Å². The van der Waals surface area contributed by atoms with Gasteiger partial charge in [0.1, 0.15) is 12.7 Å². The van der Waals surface area contributed by atoms with Crippen molar-refractivity contribution in [2.75, 3.05) is 24.2 Å². The average Bonchev–Trinajstić information content (AvgIpc) is 2.89. The molecular weight excluding hydrogens is 220 g/mol. The Morgan fingerprint density at radius 3 is 2.71 bits per heavy atom. The fraction of sp³-hybridized carbons (Fsp3) is 0.444. The molecule has 0 spiro atoms. The van der Waals surface area contributed by atoms with E-state index < -0.39 is 0 Å². The Kier molecular flexibility index (Phi) is 3.43. The van der Waals surface area contributed by atoms with Crippen molar-refractivity contribution in [3.8, 4) is 5.95 Å². The topological polar surface area (TPSA) is 93.4 Å². The molecule has 0 aliphatic carbocycles. The summed E-state index contributed by atoms with van der Waals surface area (Å²) in [6.07, 6.45) is 3.97. The second-order valence-electron chi connectivity index (χ2n) is 3.30. The van der Waals surface area contributed by atoms with Crippen LogP contribution < -0.4 is 10.6 Å². The first-order chi connectivity index (χ1) is 8.33. The number of hydrogen-bond acceptors (Lipinski definition) is 7. The summed E-state index contributed by atoms with van der Waals surface area (Å²) >= 11 is 0. The van der Waals surface area contributed by atoms with E-state index in [1.165, 1.54) is 11.0 Å². The zero-order valence-corrected chi connectivity index (χ0v) is 9.75. The van der Waals surface area contributed by atoms with Crippen molar-refractivity contribution in [1.29, 1.82) is 0 Å². The largest absolute Gasteiger partial charge is 0.357 e. The number of nitrogens with one attached hydrogen (secondary N) is 2. The van der Waals surface area contributed by atoms with Gasteiger partial charge in [-0.2, -0.15) is 24.7 Å². The second kappa shape index (κ2) is 5.19. The molecule has 2 N–H and O–H groups in total. The smallest absolute Gasteiger partial charge is 0.258 e. The lowest BCUT2D eigenvalue weighted by molar-refractivity contribution is 0.794. The summed E-state index contributed by atoms with van der Waals surface area (Å²) in [5.41, 5.74) is 0. The normalized spacial score (nSPS) is 10.2. The summed E-state index contributed by atoms with van der Waals surface area (Å²) in [5, 5.41) is 9.97. The third-order valence-corrected chi connectivity index (χ3v) is 2.00. The predicted molar refractivity (Wildman–Crippen MR) is 63.1 cm³/mol. The quantitative estimate of drug-likeness (QED) is 0.769. The SMILES string of the molecule is CCCNc1nc(NC)nc(-n2cncn2)n1. The molecule has 0 atom stereocenters. The molecule has 0 aromatic carbocycles. The van der Waals surface area contributed by atoms with Crippen LogP contribution >= 0.6 is 0 Å². The molecule has 2 aromatic heterocycles. The summed E-state index contributed by atoms with van der Waals surface area (Å²) < 4.78 is 1.49. The molecule has 17 heavy (non-hydrogen) atoms. The molecule has 2 heterocycles. The van der Waals surface area contributed by atoms with Gasteiger partial charge in [0, 0.05) is 13.6 Å². The van der Waals surface area contributed by atoms with Gasteiger partial charge in [0.25, 0.3) is 5.95 Å². The van der Waals surface area contributed by atoms with Crippen LogP contribution in [0.15, 0.2) is 12.7 Å². The molecule has 0 aliphatic rings. The molecule has 2 rings (SSSR count). The van der Waals surface area contributed by atoms with E-state index in [0.29, 0.717) is 17.8 Å². The van der Waals surface area contributed by atoms with Gasteiger partial charge in [0.2, 0.25) is 11.9 Å². The summed E-state index contributed by atoms with van der Waals surface area (Å²) in [4.78, 5) is 16.5. The van der Waals surface area contributed by atoms with Crippen molar-refractivity contribution in [2.24, 2.45) is 0 Å². The highest BCUT2D eigenvalue weighted by Gasteiger charge is 2.07. The van der Waals surface area contributed by atoms with Gasteiger partial charge in [0.05, 0.1) is 0 Å². The molecule has 90 valence electrons. The predicted octanol–water partition coefficient (Wildman–Crippen LogP) is 0.316. The first-order valence-corrected chi connectivity index (χ1v) is 5.36. The van der Waals surface area contributed by atoms with Gasteiger partial charge in [-0.15, -0.1) is 0 Å². The van der Waals surface area contributed by atoms with E-state index in [0.717, 1.165) is 13.0 Å². The van der Waals surface area contributed by atoms with Crippen LogP contribution in [-0.2, 0) is 0 Å². The van der Waals surface area contributed by atoms with E-state index in [1.807, 2.05) is 0 Å². The number of rotatable bonds is 5. The molecule has 0 fully saturated rings. The standard InChI is InChI=1S/C9H14N8/c1-3-4-12-8-14-7(10-2)15-9(16-8)17-6-11-5-13-17/h5-6H,3-4H2,1-2H3,(H2,10,12,14,15,16). The lowest BCUT2D eigenvalue weighted by Crippen LogP contribution is -2.11. The molecule has 0 radical (unpaired) electrons. The van der Waals surface area contributed by atoms with E-state index in [-0.39, 0.29) is 0 Å². The minimum Gasteiger partial charge on any atom is -0.357 e. The van der Waals surface area contributed by atoms with Crippen molar-refractivity contribution < 1.29 is 0 Å². The Morgan fingerprint density at radius 1 is 1.24 bits per heavy atom. The number of anilines is 2. The maximum Gasteiger partial charge on any atom is 0.258 e. The molecule has 0 aliphatic heterocycles. The van der Waals surface area contributed by atoms with Gasteiger partial charge < -0.3 is 10.6 Å². The van der Waals surface area contributed by atoms with Crippen LogP contribution in [0.2, 0.25) is 0 Å². The summed E-state index contributed by atoms with van der Waals surface area (Å²) in [6.45, 7) is 2.88. The van der Waals surface area contributed by atoms with Crippen LogP contribution in [0.3, 0.4) is 0 Å². The third-order valence-electron chi connectivity index (χ3n) is 2.00. The Morgan fingerprint density at radius 2 is 2.06 bits per heavy atom. The minimum absolute atomic E-state index is 0.431. The molecule has 8 heteroatoms. The van der Waals surface area contributed by atoms with Crippen LogP contribution in [-0.4, -0.2) is 43.3 Å². The van der Waals surface area contributed by atoms with Crippen LogP contribution in [0.25, 0.3) is 5.95 Å². The third kappa shape index (κ3) is 2.65. The Balaban J connectivity index is 2.32. The molecule has 0 saturated carbocycles. The highest BCUT2D eigenvalue weighted by molar-refractivity contribution is 5.36. The van der Waals surface area contributed by atoms with Crippen molar-refractivity contribution >= 4 is 11.9 Å². The first kappa shape index (κ1) is 11.2. The fourth-order valence-electron chi connectivity index (χ4n) is 1.21. The molecular formula is C9H14N8. The molecule has 0 bridgehead atoms. The van der Waals surface area contributed by atoms with Crippen LogP contribution in [0, 0.1) is 0 Å². The monoisotopic (exact) mass is 234 g/mol. The highest BCUT2D eigenvalue weighted by Crippen LogP contribution is 2.07. The Bertz CT molecular complexity index is 466. The Labute approximate surface area is 98.5 Å². The molecule has 0 saturated heterocycles. The van der Waals surface area contributed by atoms with Crippen molar-refractivity contribution in [2.45, 2.75) is 13.3 Å². The second-order valence-corrected chi connectivity index (χ2v) is 3.30. The van der Waals surface area contributed by atoms with E-state index in [9.17, 15) is 0 Å². The van der Waals surface area contributed by atoms with Crippen LogP contribution in [0.1, 0.15) is 13.3 Å². The van der Waals surface area contributed by atoms with Gasteiger partial charge >= 0.3 is 0 Å². The fourth-order valence-corrected chi connectivity index (χ4v) is 1.21. The zero-order valence-electron chi connectivity index (χ0n) is 9.75. The van der Waals surface area contributed by atoms with Gasteiger partial charge in [0.15, 0.2) is 0 Å². The minimum atomic E-state index is 0.431. The summed E-state index contributed by atoms with van der Waals surface area (Å²) in [6, 6.07) is 0. The lowest BCUT2D eigenvalue weighted by atomic mass is 10.5. The number of aromatic nitrogens is 6. The lowest BCUT2D eigenvalue weighted by Gasteiger charge is -2.07. The Hall–Kier alpha value is -2.25. The maximum absolute atomic E-state index is 4.25. The van der Waals surface area contributed by atoms with Gasteiger partial charge in [-0.05, 0) is 6.42 Å². The summed E-state index contributed by atoms with van der Waals surface area (Å²) in [5.74, 6) is 1.45. The van der Waals surface area contributed by atoms with Crippen LogP contribution in [0.4, 0.5) is 11.9 Å². The van der Waals surface area contributed by atoms with E-state index in [1.54, 1.807) is 13.4 Å². The molecule has 0 amide bonds. The average molecular weight is 234 g/mol. The molecule has 8 nitrogen and oxygen atoms in total. The maximum atomic E-state index is 4.25. The zero-order chi connectivity index (χ0) is 12.1. The van der Waals surface area contributed by atoms with Crippen LogP contribution in [0.5, 0.6) is 0 Å². The van der Waals surface area contributed by atoms with E-state index in [4.69, 9.17) is 0 Å². The van der Waals surface area contributed by atoms with Gasteiger partial charge in [-0.1, -0.05) is 6.92 Å². The molecule has 2 aromatic rings. The van der Waals surface area contributed by atoms with Crippen molar-refractivity contribution in [1.82, 2.24) is 29.7 Å². The van der Waals surface area contributed by atoms with E-state index in [2.05, 4.69) is 42.6 Å². The molecule has 0 unspecified atom stereocenters. The first-order valence-electron chi connectivity index (χ1n) is 5.36. The highest BCUT2D eigenvalue weighted by atomic mass is 15.4. The van der Waals surface area contributed by atoms with E-state index >= 15 is 0 Å². The number of nitrogens with zero attached hydrogens (tertiary/aromatic N) is 6. The number of hydrogen-bond donors (Lipinski definition) is 2. The van der Waals surface area contributed by atoms with Gasteiger partial charge in [-0.3, -0.25) is 0 Å². The van der Waals surface area contributed by atoms with Gasteiger partial charge in [-0.25, -0.2) is 4.98 Å². The van der Waals surface area contributed by atoms with Crippen molar-refractivity contribution in [3.05, 3.63) is 12.7 Å².